The first-order valence-electron chi connectivity index (χ1n) is 13.5. The fraction of sp³-hybridized carbons (Fsp3) is 0.355. The molecule has 3 aromatic rings. The van der Waals surface area contributed by atoms with Crippen LogP contribution >= 0.6 is 24.8 Å². The lowest BCUT2D eigenvalue weighted by Gasteiger charge is -2.33. The second-order valence-electron chi connectivity index (χ2n) is 10.3. The Morgan fingerprint density at radius 2 is 1.54 bits per heavy atom. The normalized spacial score (nSPS) is 16.0. The molecule has 1 N–H and O–H groups in total. The maximum absolute atomic E-state index is 13.9. The van der Waals surface area contributed by atoms with Crippen molar-refractivity contribution in [3.63, 3.8) is 0 Å². The third-order valence-corrected chi connectivity index (χ3v) is 7.58. The Morgan fingerprint density at radius 3 is 2.22 bits per heavy atom. The molecular weight excluding hydrogens is 574 g/mol. The van der Waals surface area contributed by atoms with Gasteiger partial charge in [-0.05, 0) is 99.0 Å². The van der Waals surface area contributed by atoms with Gasteiger partial charge in [-0.15, -0.1) is 24.8 Å². The number of halogens is 5. The van der Waals surface area contributed by atoms with Crippen molar-refractivity contribution in [3.8, 4) is 11.5 Å². The highest BCUT2D eigenvalue weighted by atomic mass is 35.5. The van der Waals surface area contributed by atoms with E-state index in [1.54, 1.807) is 12.1 Å². The number of carbonyl (C=O) groups is 1. The van der Waals surface area contributed by atoms with Crippen LogP contribution in [0, 0.1) is 30.8 Å². The number of likely N-dealkylation sites (tertiary alicyclic amines) is 2. The van der Waals surface area contributed by atoms with Crippen molar-refractivity contribution in [2.45, 2.75) is 45.1 Å². The first-order chi connectivity index (χ1) is 18.9. The molecular formula is C31H35Cl2F3N3O2. The third kappa shape index (κ3) is 8.31. The number of aryl methyl sites for hydroxylation is 1. The molecule has 10 heteroatoms. The smallest absolute Gasteiger partial charge is 0.321 e. The summed E-state index contributed by atoms with van der Waals surface area (Å²) in [4.78, 5) is 16.9. The molecule has 0 bridgehead atoms. The largest absolute Gasteiger partial charge is 0.454 e. The Morgan fingerprint density at radius 1 is 0.878 bits per heavy atom. The third-order valence-electron chi connectivity index (χ3n) is 7.58. The van der Waals surface area contributed by atoms with Crippen LogP contribution in [0.2, 0.25) is 0 Å². The molecule has 5 nitrogen and oxygen atoms in total. The van der Waals surface area contributed by atoms with Gasteiger partial charge in [-0.3, -0.25) is 4.90 Å². The molecule has 2 aliphatic heterocycles. The highest BCUT2D eigenvalue weighted by Gasteiger charge is 2.23. The van der Waals surface area contributed by atoms with Gasteiger partial charge >= 0.3 is 6.03 Å². The minimum atomic E-state index is -1.25. The van der Waals surface area contributed by atoms with Gasteiger partial charge in [0.15, 0.2) is 23.2 Å². The molecule has 41 heavy (non-hydrogen) atoms. The minimum Gasteiger partial charge on any atom is -0.454 e. The van der Waals surface area contributed by atoms with Crippen molar-refractivity contribution in [2.24, 2.45) is 0 Å². The molecule has 0 atom stereocenters. The molecule has 2 heterocycles. The van der Waals surface area contributed by atoms with Crippen LogP contribution in [-0.2, 0) is 6.54 Å². The quantitative estimate of drug-likeness (QED) is 0.286. The van der Waals surface area contributed by atoms with Gasteiger partial charge in [0.1, 0.15) is 5.75 Å². The number of rotatable bonds is 6. The van der Waals surface area contributed by atoms with E-state index in [0.29, 0.717) is 23.8 Å². The predicted molar refractivity (Wildman–Crippen MR) is 160 cm³/mol. The zero-order valence-electron chi connectivity index (χ0n) is 22.9. The van der Waals surface area contributed by atoms with E-state index in [-0.39, 0.29) is 36.6 Å². The Labute approximate surface area is 251 Å². The molecule has 0 aromatic heterocycles. The standard InChI is InChI=1S/C31H33F3N3O2.2ClH/c1-21-5-8-24(35-31(38)37-13-3-2-4-14-37)17-26(21)23-11-15-36(16-12-23)20-22-6-9-25(10-7-22)39-30-19-28(33)27(32)18-29(30)34;;/h2,5-10,17-19,23H,3-4,11-16,20H2,1H3,(H,35,38);2*1H. The molecule has 2 saturated heterocycles. The Bertz CT molecular complexity index is 1310. The number of amides is 2. The van der Waals surface area contributed by atoms with Gasteiger partial charge in [0.2, 0.25) is 0 Å². The highest BCUT2D eigenvalue weighted by molar-refractivity contribution is 5.89. The van der Waals surface area contributed by atoms with Crippen molar-refractivity contribution in [1.29, 1.82) is 0 Å². The van der Waals surface area contributed by atoms with E-state index in [1.807, 2.05) is 23.1 Å². The summed E-state index contributed by atoms with van der Waals surface area (Å²) < 4.78 is 45.9. The number of nitrogens with one attached hydrogen (secondary N) is 1. The van der Waals surface area contributed by atoms with Gasteiger partial charge in [-0.25, -0.2) is 18.0 Å². The first-order valence-corrected chi connectivity index (χ1v) is 13.5. The molecule has 3 aromatic carbocycles. The van der Waals surface area contributed by atoms with Crippen LogP contribution in [0.3, 0.4) is 0 Å². The van der Waals surface area contributed by atoms with E-state index in [1.165, 1.54) is 11.1 Å². The van der Waals surface area contributed by atoms with E-state index in [0.717, 1.165) is 69.7 Å². The van der Waals surface area contributed by atoms with Gasteiger partial charge in [0, 0.05) is 37.5 Å². The van der Waals surface area contributed by atoms with Crippen LogP contribution < -0.4 is 10.1 Å². The lowest BCUT2D eigenvalue weighted by molar-refractivity contribution is 0.204. The Balaban J connectivity index is 0.00000231. The van der Waals surface area contributed by atoms with Crippen molar-refractivity contribution >= 4 is 36.5 Å². The SMILES string of the molecule is Cc1ccc(NC(=O)N2CC[CH]CC2)cc1C1CCN(Cc2ccc(Oc3cc(F)c(F)cc3F)cc2)CC1.Cl.Cl. The van der Waals surface area contributed by atoms with E-state index in [4.69, 9.17) is 4.74 Å². The zero-order valence-corrected chi connectivity index (χ0v) is 24.5. The number of hydrogen-bond donors (Lipinski definition) is 1. The highest BCUT2D eigenvalue weighted by Crippen LogP contribution is 2.33. The average Bonchev–Trinajstić information content (AvgIpc) is 2.95. The summed E-state index contributed by atoms with van der Waals surface area (Å²) in [7, 11) is 0. The fourth-order valence-corrected chi connectivity index (χ4v) is 5.35. The van der Waals surface area contributed by atoms with Gasteiger partial charge in [0.05, 0.1) is 0 Å². The number of piperidine rings is 2. The van der Waals surface area contributed by atoms with Crippen molar-refractivity contribution in [1.82, 2.24) is 9.80 Å². The molecule has 2 aliphatic rings. The number of hydrogen-bond acceptors (Lipinski definition) is 3. The van der Waals surface area contributed by atoms with E-state index < -0.39 is 17.5 Å². The second-order valence-corrected chi connectivity index (χ2v) is 10.3. The van der Waals surface area contributed by atoms with Crippen LogP contribution in [-0.4, -0.2) is 42.0 Å². The molecule has 0 unspecified atom stereocenters. The fourth-order valence-electron chi connectivity index (χ4n) is 5.35. The van der Waals surface area contributed by atoms with E-state index in [2.05, 4.69) is 35.7 Å². The summed E-state index contributed by atoms with van der Waals surface area (Å²) in [6, 6.07) is 14.6. The van der Waals surface area contributed by atoms with E-state index >= 15 is 0 Å². The maximum atomic E-state index is 13.9. The Hall–Kier alpha value is -2.94. The summed E-state index contributed by atoms with van der Waals surface area (Å²) in [5.74, 6) is -2.93. The van der Waals surface area contributed by atoms with Crippen LogP contribution in [0.4, 0.5) is 23.7 Å². The predicted octanol–water partition coefficient (Wildman–Crippen LogP) is 8.26. The summed E-state index contributed by atoms with van der Waals surface area (Å²) in [6.45, 7) is 6.34. The molecule has 0 saturated carbocycles. The number of ether oxygens (including phenoxy) is 1. The van der Waals surface area contributed by atoms with Crippen LogP contribution in [0.15, 0.2) is 54.6 Å². The van der Waals surface area contributed by atoms with Gasteiger partial charge < -0.3 is 15.0 Å². The summed E-state index contributed by atoms with van der Waals surface area (Å²) in [5.41, 5.74) is 4.48. The number of urea groups is 1. The monoisotopic (exact) mass is 608 g/mol. The van der Waals surface area contributed by atoms with Gasteiger partial charge in [-0.2, -0.15) is 0 Å². The topological polar surface area (TPSA) is 44.8 Å². The van der Waals surface area contributed by atoms with Crippen molar-refractivity contribution < 1.29 is 22.7 Å². The summed E-state index contributed by atoms with van der Waals surface area (Å²) in [6.07, 6.45) is 6.17. The molecule has 0 aliphatic carbocycles. The Kier molecular flexibility index (Phi) is 11.8. The number of nitrogens with zero attached hydrogens (tertiary/aromatic N) is 2. The van der Waals surface area contributed by atoms with Gasteiger partial charge in [0.25, 0.3) is 0 Å². The first kappa shape index (κ1) is 32.6. The lowest BCUT2D eigenvalue weighted by Crippen LogP contribution is -2.38. The van der Waals surface area contributed by atoms with Crippen LogP contribution in [0.1, 0.15) is 48.3 Å². The molecule has 221 valence electrons. The number of anilines is 1. The maximum Gasteiger partial charge on any atom is 0.321 e. The molecule has 1 radical (unpaired) electrons. The van der Waals surface area contributed by atoms with Crippen molar-refractivity contribution in [2.75, 3.05) is 31.5 Å². The minimum absolute atomic E-state index is 0. The lowest BCUT2D eigenvalue weighted by atomic mass is 9.86. The van der Waals surface area contributed by atoms with E-state index in [9.17, 15) is 18.0 Å². The number of benzene rings is 3. The second kappa shape index (κ2) is 14.8. The molecule has 2 amide bonds. The molecule has 5 rings (SSSR count). The molecule has 0 spiro atoms. The van der Waals surface area contributed by atoms with Crippen molar-refractivity contribution in [3.05, 3.63) is 95.2 Å². The zero-order chi connectivity index (χ0) is 27.4. The number of carbonyl (C=O) groups excluding carboxylic acids is 1. The van der Waals surface area contributed by atoms with Crippen LogP contribution in [0.5, 0.6) is 11.5 Å². The summed E-state index contributed by atoms with van der Waals surface area (Å²) >= 11 is 0. The summed E-state index contributed by atoms with van der Waals surface area (Å²) in [5, 5.41) is 3.08. The van der Waals surface area contributed by atoms with Gasteiger partial charge in [-0.1, -0.05) is 18.2 Å². The molecule has 2 fully saturated rings. The average molecular weight is 610 g/mol. The van der Waals surface area contributed by atoms with Crippen LogP contribution in [0.25, 0.3) is 0 Å².